The second-order valence-electron chi connectivity index (χ2n) is 6.22. The Bertz CT molecular complexity index is 705. The van der Waals surface area contributed by atoms with E-state index in [-0.39, 0.29) is 17.6 Å². The average molecular weight is 286 g/mol. The number of hydrogen-bond donors (Lipinski definition) is 2. The Labute approximate surface area is 124 Å². The van der Waals surface area contributed by atoms with E-state index in [0.29, 0.717) is 6.54 Å². The molecule has 4 heteroatoms. The minimum Gasteiger partial charge on any atom is -0.392 e. The Morgan fingerprint density at radius 3 is 2.67 bits per heavy atom. The van der Waals surface area contributed by atoms with Crippen LogP contribution in [0.2, 0.25) is 0 Å². The van der Waals surface area contributed by atoms with E-state index in [0.717, 1.165) is 36.0 Å². The summed E-state index contributed by atoms with van der Waals surface area (Å²) in [6.45, 7) is 6.60. The van der Waals surface area contributed by atoms with Crippen LogP contribution in [0.15, 0.2) is 29.1 Å². The Morgan fingerprint density at radius 2 is 2.05 bits per heavy atom. The van der Waals surface area contributed by atoms with Gasteiger partial charge < -0.3 is 10.1 Å². The summed E-state index contributed by atoms with van der Waals surface area (Å²) >= 11 is 0. The van der Waals surface area contributed by atoms with Crippen LogP contribution in [0.3, 0.4) is 0 Å². The van der Waals surface area contributed by atoms with E-state index in [1.165, 1.54) is 5.56 Å². The highest BCUT2D eigenvalue weighted by molar-refractivity contribution is 5.85. The Balaban J connectivity index is 2.11. The lowest BCUT2D eigenvalue weighted by Crippen LogP contribution is -2.24. The van der Waals surface area contributed by atoms with Gasteiger partial charge >= 0.3 is 0 Å². The van der Waals surface area contributed by atoms with Gasteiger partial charge in [0.05, 0.1) is 6.10 Å². The first kappa shape index (κ1) is 14.3. The summed E-state index contributed by atoms with van der Waals surface area (Å²) in [5.41, 5.74) is 2.19. The van der Waals surface area contributed by atoms with E-state index < -0.39 is 0 Å². The number of benzene rings is 1. The second kappa shape index (κ2) is 5.62. The lowest BCUT2D eigenvalue weighted by Gasteiger charge is -2.21. The molecule has 2 N–H and O–H groups in total. The lowest BCUT2D eigenvalue weighted by atomic mass is 9.97. The van der Waals surface area contributed by atoms with Crippen LogP contribution in [0.5, 0.6) is 0 Å². The van der Waals surface area contributed by atoms with E-state index in [4.69, 9.17) is 0 Å². The maximum absolute atomic E-state index is 12.2. The molecule has 0 amide bonds. The molecule has 0 radical (unpaired) electrons. The summed E-state index contributed by atoms with van der Waals surface area (Å²) in [5, 5.41) is 11.5. The van der Waals surface area contributed by atoms with Gasteiger partial charge in [0, 0.05) is 30.7 Å². The molecule has 0 aliphatic carbocycles. The molecule has 1 aromatic carbocycles. The SMILES string of the molecule is CC(C)c1[nH]c(=O)c2ccccc2c1CN1CC[C@@H](O)C1. The van der Waals surface area contributed by atoms with Crippen molar-refractivity contribution in [1.82, 2.24) is 9.88 Å². The molecule has 3 rings (SSSR count). The van der Waals surface area contributed by atoms with E-state index in [1.54, 1.807) is 0 Å². The van der Waals surface area contributed by atoms with Crippen LogP contribution < -0.4 is 5.56 Å². The Morgan fingerprint density at radius 1 is 1.33 bits per heavy atom. The number of hydrogen-bond acceptors (Lipinski definition) is 3. The molecule has 1 aliphatic heterocycles. The summed E-state index contributed by atoms with van der Waals surface area (Å²) in [6, 6.07) is 7.78. The monoisotopic (exact) mass is 286 g/mol. The van der Waals surface area contributed by atoms with E-state index >= 15 is 0 Å². The maximum atomic E-state index is 12.2. The lowest BCUT2D eigenvalue weighted by molar-refractivity contribution is 0.174. The second-order valence-corrected chi connectivity index (χ2v) is 6.22. The van der Waals surface area contributed by atoms with Crippen LogP contribution in [0, 0.1) is 0 Å². The third kappa shape index (κ3) is 2.74. The smallest absolute Gasteiger partial charge is 0.256 e. The van der Waals surface area contributed by atoms with Crippen LogP contribution in [-0.4, -0.2) is 34.2 Å². The van der Waals surface area contributed by atoms with Crippen molar-refractivity contribution in [2.24, 2.45) is 0 Å². The number of likely N-dealkylation sites (tertiary alicyclic amines) is 1. The number of rotatable bonds is 3. The van der Waals surface area contributed by atoms with E-state index in [2.05, 4.69) is 23.7 Å². The maximum Gasteiger partial charge on any atom is 0.256 e. The molecule has 1 saturated heterocycles. The number of aliphatic hydroxyl groups is 1. The highest BCUT2D eigenvalue weighted by Gasteiger charge is 2.23. The molecule has 0 spiro atoms. The van der Waals surface area contributed by atoms with Gasteiger partial charge in [0.25, 0.3) is 5.56 Å². The number of aliphatic hydroxyl groups excluding tert-OH is 1. The van der Waals surface area contributed by atoms with Crippen molar-refractivity contribution in [1.29, 1.82) is 0 Å². The first-order valence-corrected chi connectivity index (χ1v) is 7.60. The summed E-state index contributed by atoms with van der Waals surface area (Å²) in [6.07, 6.45) is 0.611. The first-order chi connectivity index (χ1) is 10.1. The third-order valence-corrected chi connectivity index (χ3v) is 4.28. The predicted molar refractivity (Wildman–Crippen MR) is 84.6 cm³/mol. The van der Waals surface area contributed by atoms with Gasteiger partial charge in [-0.15, -0.1) is 0 Å². The van der Waals surface area contributed by atoms with Crippen molar-refractivity contribution >= 4 is 10.8 Å². The zero-order chi connectivity index (χ0) is 15.0. The van der Waals surface area contributed by atoms with Crippen molar-refractivity contribution in [3.05, 3.63) is 45.9 Å². The summed E-state index contributed by atoms with van der Waals surface area (Å²) < 4.78 is 0. The molecule has 1 atom stereocenters. The van der Waals surface area contributed by atoms with Gasteiger partial charge in [-0.1, -0.05) is 32.0 Å². The van der Waals surface area contributed by atoms with Gasteiger partial charge in [0.15, 0.2) is 0 Å². The fourth-order valence-electron chi connectivity index (χ4n) is 3.20. The predicted octanol–water partition coefficient (Wildman–Crippen LogP) is 2.22. The Hall–Kier alpha value is -1.65. The van der Waals surface area contributed by atoms with Crippen LogP contribution in [-0.2, 0) is 6.54 Å². The molecule has 1 fully saturated rings. The van der Waals surface area contributed by atoms with E-state index in [9.17, 15) is 9.90 Å². The molecule has 2 heterocycles. The molecular formula is C17H22N2O2. The zero-order valence-corrected chi connectivity index (χ0v) is 12.6. The number of nitrogens with zero attached hydrogens (tertiary/aromatic N) is 1. The summed E-state index contributed by atoms with van der Waals surface area (Å²) in [5.74, 6) is 0.268. The number of fused-ring (bicyclic) bond motifs is 1. The standard InChI is InChI=1S/C17H22N2O2/c1-11(2)16-15(10-19-8-7-12(20)9-19)13-5-3-4-6-14(13)17(21)18-16/h3-6,11-12,20H,7-10H2,1-2H3,(H,18,21)/t12-/m1/s1. The van der Waals surface area contributed by atoms with E-state index in [1.807, 2.05) is 24.3 Å². The topological polar surface area (TPSA) is 56.3 Å². The van der Waals surface area contributed by atoms with Crippen molar-refractivity contribution in [3.63, 3.8) is 0 Å². The molecule has 21 heavy (non-hydrogen) atoms. The number of pyridine rings is 1. The van der Waals surface area contributed by atoms with Crippen LogP contribution in [0.25, 0.3) is 10.8 Å². The van der Waals surface area contributed by atoms with Crippen molar-refractivity contribution < 1.29 is 5.11 Å². The summed E-state index contributed by atoms with van der Waals surface area (Å²) in [4.78, 5) is 17.6. The van der Waals surface area contributed by atoms with Gasteiger partial charge in [-0.2, -0.15) is 0 Å². The molecule has 4 nitrogen and oxygen atoms in total. The number of aromatic nitrogens is 1. The fraction of sp³-hybridized carbons (Fsp3) is 0.471. The minimum atomic E-state index is -0.221. The summed E-state index contributed by atoms with van der Waals surface area (Å²) in [7, 11) is 0. The number of β-amino-alcohol motifs (C(OH)–C–C–N with tert-alkyl or cyclic N) is 1. The number of nitrogens with one attached hydrogen (secondary N) is 1. The highest BCUT2D eigenvalue weighted by atomic mass is 16.3. The molecule has 0 saturated carbocycles. The quantitative estimate of drug-likeness (QED) is 0.909. The molecule has 0 unspecified atom stereocenters. The molecule has 1 aliphatic rings. The number of aromatic amines is 1. The van der Waals surface area contributed by atoms with Crippen LogP contribution in [0.1, 0.15) is 37.4 Å². The normalized spacial score (nSPS) is 19.7. The number of H-pyrrole nitrogens is 1. The van der Waals surface area contributed by atoms with Gasteiger partial charge in [0.2, 0.25) is 0 Å². The van der Waals surface area contributed by atoms with Gasteiger partial charge in [-0.3, -0.25) is 9.69 Å². The average Bonchev–Trinajstić information content (AvgIpc) is 2.87. The minimum absolute atomic E-state index is 0.0143. The van der Waals surface area contributed by atoms with Crippen molar-refractivity contribution in [2.75, 3.05) is 13.1 Å². The Kier molecular flexibility index (Phi) is 3.83. The molecule has 0 bridgehead atoms. The zero-order valence-electron chi connectivity index (χ0n) is 12.6. The first-order valence-electron chi connectivity index (χ1n) is 7.60. The van der Waals surface area contributed by atoms with Gasteiger partial charge in [-0.05, 0) is 29.4 Å². The van der Waals surface area contributed by atoms with Crippen LogP contribution in [0.4, 0.5) is 0 Å². The van der Waals surface area contributed by atoms with Crippen molar-refractivity contribution in [2.45, 2.75) is 38.8 Å². The third-order valence-electron chi connectivity index (χ3n) is 4.28. The highest BCUT2D eigenvalue weighted by Crippen LogP contribution is 2.26. The van der Waals surface area contributed by atoms with Gasteiger partial charge in [-0.25, -0.2) is 0 Å². The largest absolute Gasteiger partial charge is 0.392 e. The molecule has 1 aromatic heterocycles. The molecule has 2 aromatic rings. The van der Waals surface area contributed by atoms with Crippen molar-refractivity contribution in [3.8, 4) is 0 Å². The fourth-order valence-corrected chi connectivity index (χ4v) is 3.20. The van der Waals surface area contributed by atoms with Gasteiger partial charge in [0.1, 0.15) is 0 Å². The van der Waals surface area contributed by atoms with Crippen LogP contribution >= 0.6 is 0 Å². The molecule has 112 valence electrons. The molecular weight excluding hydrogens is 264 g/mol.